The van der Waals surface area contributed by atoms with Crippen LogP contribution in [0.25, 0.3) is 0 Å². The summed E-state index contributed by atoms with van der Waals surface area (Å²) in [5, 5.41) is 0. The molecule has 0 aliphatic rings. The first-order valence-corrected chi connectivity index (χ1v) is 5.96. The van der Waals surface area contributed by atoms with Crippen molar-refractivity contribution < 1.29 is 13.5 Å². The molecule has 0 amide bonds. The van der Waals surface area contributed by atoms with Crippen molar-refractivity contribution >= 4 is 0 Å². The first kappa shape index (κ1) is 13.5. The molecule has 1 unspecified atom stereocenters. The van der Waals surface area contributed by atoms with Crippen molar-refractivity contribution in [2.45, 2.75) is 13.0 Å². The third kappa shape index (κ3) is 3.51. The molecule has 2 aromatic carbocycles. The predicted octanol–water partition coefficient (Wildman–Crippen LogP) is 3.35. The number of halogens is 2. The minimum absolute atomic E-state index is 0.159. The molecule has 0 aliphatic carbocycles. The zero-order valence-corrected chi connectivity index (χ0v) is 10.6. The smallest absolute Gasteiger partial charge is 0.129 e. The van der Waals surface area contributed by atoms with Crippen molar-refractivity contribution in [2.24, 2.45) is 5.73 Å². The van der Waals surface area contributed by atoms with E-state index in [4.69, 9.17) is 10.5 Å². The topological polar surface area (TPSA) is 35.2 Å². The Labute approximate surface area is 110 Å². The molecule has 1 atom stereocenters. The van der Waals surface area contributed by atoms with Crippen LogP contribution in [-0.2, 0) is 0 Å². The van der Waals surface area contributed by atoms with Crippen LogP contribution in [0.15, 0.2) is 42.5 Å². The summed E-state index contributed by atoms with van der Waals surface area (Å²) in [4.78, 5) is 0. The second-order valence-corrected chi connectivity index (χ2v) is 4.38. The third-order valence-electron chi connectivity index (χ3n) is 2.85. The number of ether oxygens (including phenoxy) is 1. The molecule has 0 spiro atoms. The molecular formula is C15H15F2NO. The lowest BCUT2D eigenvalue weighted by molar-refractivity contribution is 0.289. The van der Waals surface area contributed by atoms with Crippen molar-refractivity contribution in [3.8, 4) is 5.75 Å². The molecule has 2 nitrogen and oxygen atoms in total. The zero-order valence-electron chi connectivity index (χ0n) is 10.6. The monoisotopic (exact) mass is 263 g/mol. The first-order chi connectivity index (χ1) is 9.06. The Morgan fingerprint density at radius 3 is 2.63 bits per heavy atom. The highest BCUT2D eigenvalue weighted by molar-refractivity contribution is 5.28. The maximum Gasteiger partial charge on any atom is 0.129 e. The number of hydrogen-bond acceptors (Lipinski definition) is 2. The molecule has 0 fully saturated rings. The van der Waals surface area contributed by atoms with Gasteiger partial charge in [-0.05, 0) is 36.2 Å². The van der Waals surface area contributed by atoms with Gasteiger partial charge in [0.1, 0.15) is 24.0 Å². The molecular weight excluding hydrogens is 248 g/mol. The normalized spacial score (nSPS) is 12.2. The summed E-state index contributed by atoms with van der Waals surface area (Å²) < 4.78 is 31.8. The van der Waals surface area contributed by atoms with E-state index in [0.717, 1.165) is 0 Å². The van der Waals surface area contributed by atoms with Crippen LogP contribution in [0.5, 0.6) is 5.75 Å². The Balaban J connectivity index is 2.00. The average molecular weight is 263 g/mol. The van der Waals surface area contributed by atoms with Crippen molar-refractivity contribution in [1.82, 2.24) is 0 Å². The molecule has 100 valence electrons. The van der Waals surface area contributed by atoms with Crippen LogP contribution in [0.1, 0.15) is 17.2 Å². The molecule has 0 aliphatic heterocycles. The molecule has 19 heavy (non-hydrogen) atoms. The lowest BCUT2D eigenvalue weighted by atomic mass is 10.1. The van der Waals surface area contributed by atoms with Gasteiger partial charge in [0.2, 0.25) is 0 Å². The van der Waals surface area contributed by atoms with Gasteiger partial charge in [0.05, 0.1) is 6.04 Å². The summed E-state index contributed by atoms with van der Waals surface area (Å²) >= 11 is 0. The van der Waals surface area contributed by atoms with Crippen LogP contribution < -0.4 is 10.5 Å². The Morgan fingerprint density at radius 1 is 1.16 bits per heavy atom. The SMILES string of the molecule is Cc1ccc(OCC(N)c2cccc(F)c2)cc1F. The molecule has 0 heterocycles. The van der Waals surface area contributed by atoms with E-state index in [-0.39, 0.29) is 18.2 Å². The Hall–Kier alpha value is -1.94. The van der Waals surface area contributed by atoms with Gasteiger partial charge in [-0.15, -0.1) is 0 Å². The maximum atomic E-state index is 13.3. The van der Waals surface area contributed by atoms with Gasteiger partial charge in [-0.2, -0.15) is 0 Å². The Morgan fingerprint density at radius 2 is 1.95 bits per heavy atom. The highest BCUT2D eigenvalue weighted by atomic mass is 19.1. The van der Waals surface area contributed by atoms with Gasteiger partial charge >= 0.3 is 0 Å². The van der Waals surface area contributed by atoms with E-state index in [1.807, 2.05) is 0 Å². The lowest BCUT2D eigenvalue weighted by Gasteiger charge is -2.14. The average Bonchev–Trinajstić information content (AvgIpc) is 2.40. The van der Waals surface area contributed by atoms with Gasteiger partial charge in [-0.3, -0.25) is 0 Å². The molecule has 4 heteroatoms. The molecule has 2 aromatic rings. The minimum Gasteiger partial charge on any atom is -0.492 e. The Kier molecular flexibility index (Phi) is 4.12. The van der Waals surface area contributed by atoms with Gasteiger partial charge in [-0.25, -0.2) is 8.78 Å². The molecule has 2 rings (SSSR count). The van der Waals surface area contributed by atoms with Crippen LogP contribution in [-0.4, -0.2) is 6.61 Å². The van der Waals surface area contributed by atoms with Gasteiger partial charge in [0, 0.05) is 6.07 Å². The van der Waals surface area contributed by atoms with E-state index in [9.17, 15) is 8.78 Å². The van der Waals surface area contributed by atoms with Gasteiger partial charge in [-0.1, -0.05) is 18.2 Å². The number of hydrogen-bond donors (Lipinski definition) is 1. The molecule has 0 saturated heterocycles. The molecule has 0 saturated carbocycles. The second-order valence-electron chi connectivity index (χ2n) is 4.38. The van der Waals surface area contributed by atoms with Crippen LogP contribution >= 0.6 is 0 Å². The fraction of sp³-hybridized carbons (Fsp3) is 0.200. The zero-order chi connectivity index (χ0) is 13.8. The predicted molar refractivity (Wildman–Crippen MR) is 70.0 cm³/mol. The second kappa shape index (κ2) is 5.80. The summed E-state index contributed by atoms with van der Waals surface area (Å²) in [6.45, 7) is 1.84. The van der Waals surface area contributed by atoms with Crippen LogP contribution in [0.2, 0.25) is 0 Å². The quantitative estimate of drug-likeness (QED) is 0.918. The van der Waals surface area contributed by atoms with E-state index in [0.29, 0.717) is 16.9 Å². The number of rotatable bonds is 4. The number of nitrogens with two attached hydrogens (primary N) is 1. The van der Waals surface area contributed by atoms with E-state index in [1.54, 1.807) is 31.2 Å². The van der Waals surface area contributed by atoms with E-state index < -0.39 is 6.04 Å². The third-order valence-corrected chi connectivity index (χ3v) is 2.85. The minimum atomic E-state index is -0.458. The van der Waals surface area contributed by atoms with Crippen molar-refractivity contribution in [3.63, 3.8) is 0 Å². The summed E-state index contributed by atoms with van der Waals surface area (Å²) in [7, 11) is 0. The summed E-state index contributed by atoms with van der Waals surface area (Å²) in [5.41, 5.74) is 7.10. The number of benzene rings is 2. The fourth-order valence-electron chi connectivity index (χ4n) is 1.68. The van der Waals surface area contributed by atoms with E-state index >= 15 is 0 Å². The summed E-state index contributed by atoms with van der Waals surface area (Å²) in [5.74, 6) is -0.249. The number of aryl methyl sites for hydroxylation is 1. The standard InChI is InChI=1S/C15H15F2NO/c1-10-5-6-13(8-14(10)17)19-9-15(18)11-3-2-4-12(16)7-11/h2-8,15H,9,18H2,1H3. The highest BCUT2D eigenvalue weighted by Gasteiger charge is 2.08. The Bertz CT molecular complexity index is 572. The van der Waals surface area contributed by atoms with E-state index in [1.165, 1.54) is 18.2 Å². The molecule has 0 radical (unpaired) electrons. The largest absolute Gasteiger partial charge is 0.492 e. The molecule has 0 aromatic heterocycles. The van der Waals surface area contributed by atoms with Crippen molar-refractivity contribution in [3.05, 3.63) is 65.2 Å². The first-order valence-electron chi connectivity index (χ1n) is 5.96. The van der Waals surface area contributed by atoms with Gasteiger partial charge in [0.25, 0.3) is 0 Å². The lowest BCUT2D eigenvalue weighted by Crippen LogP contribution is -2.19. The summed E-state index contributed by atoms with van der Waals surface area (Å²) in [6, 6.07) is 10.2. The van der Waals surface area contributed by atoms with Crippen LogP contribution in [0.3, 0.4) is 0 Å². The van der Waals surface area contributed by atoms with Crippen molar-refractivity contribution in [1.29, 1.82) is 0 Å². The molecule has 2 N–H and O–H groups in total. The van der Waals surface area contributed by atoms with Gasteiger partial charge < -0.3 is 10.5 Å². The molecule has 0 bridgehead atoms. The highest BCUT2D eigenvalue weighted by Crippen LogP contribution is 2.18. The van der Waals surface area contributed by atoms with Crippen LogP contribution in [0, 0.1) is 18.6 Å². The van der Waals surface area contributed by atoms with Gasteiger partial charge in [0.15, 0.2) is 0 Å². The van der Waals surface area contributed by atoms with E-state index in [2.05, 4.69) is 0 Å². The summed E-state index contributed by atoms with van der Waals surface area (Å²) in [6.07, 6.45) is 0. The van der Waals surface area contributed by atoms with Crippen LogP contribution in [0.4, 0.5) is 8.78 Å². The van der Waals surface area contributed by atoms with Crippen molar-refractivity contribution in [2.75, 3.05) is 6.61 Å². The fourth-order valence-corrected chi connectivity index (χ4v) is 1.68. The maximum absolute atomic E-state index is 13.3.